The highest BCUT2D eigenvalue weighted by Gasteiger charge is 2.33. The molecule has 8 rings (SSSR count). The fourth-order valence-electron chi connectivity index (χ4n) is 5.62. The molecule has 4 nitrogen and oxygen atoms in total. The van der Waals surface area contributed by atoms with E-state index in [2.05, 4.69) is 60.7 Å². The van der Waals surface area contributed by atoms with E-state index in [0.717, 1.165) is 28.1 Å². The smallest absolute Gasteiger partial charge is 0.210 e. The van der Waals surface area contributed by atoms with Crippen molar-refractivity contribution in [3.8, 4) is 49.1 Å². The Hall–Kier alpha value is -4.78. The van der Waals surface area contributed by atoms with Crippen LogP contribution in [0.1, 0.15) is 0 Å². The van der Waals surface area contributed by atoms with Crippen molar-refractivity contribution in [2.75, 3.05) is 0 Å². The second-order valence-corrected chi connectivity index (χ2v) is 13.0. The maximum Gasteiger partial charge on any atom is 0.210 e. The van der Waals surface area contributed by atoms with Gasteiger partial charge in [0.05, 0.1) is 26.5 Å². The number of hydrogen-bond donors (Lipinski definition) is 0. The van der Waals surface area contributed by atoms with E-state index in [1.807, 2.05) is 59.2 Å². The van der Waals surface area contributed by atoms with Crippen LogP contribution in [0.2, 0.25) is 0 Å². The van der Waals surface area contributed by atoms with E-state index in [9.17, 15) is 8.42 Å². The highest BCUT2D eigenvalue weighted by atomic mass is 32.2. The molecule has 0 atom stereocenters. The SMILES string of the molecule is O=S1(=O)c2cc(-c3ccc(-c4ccc(-c5ccccc5)s4)cc3)ccc2-n2c(-c3ccccc3)nc3cccc1c32. The fourth-order valence-corrected chi connectivity index (χ4v) is 8.30. The summed E-state index contributed by atoms with van der Waals surface area (Å²) in [4.78, 5) is 7.86. The first-order chi connectivity index (χ1) is 20.1. The lowest BCUT2D eigenvalue weighted by atomic mass is 10.0. The summed E-state index contributed by atoms with van der Waals surface area (Å²) < 4.78 is 29.9. The highest BCUT2D eigenvalue weighted by molar-refractivity contribution is 7.92. The van der Waals surface area contributed by atoms with Gasteiger partial charge in [-0.2, -0.15) is 0 Å². The van der Waals surface area contributed by atoms with Crippen molar-refractivity contribution < 1.29 is 8.42 Å². The minimum absolute atomic E-state index is 0.289. The number of rotatable bonds is 4. The molecule has 0 radical (unpaired) electrons. The number of thiophene rings is 1. The van der Waals surface area contributed by atoms with Crippen LogP contribution in [0, 0.1) is 0 Å². The molecule has 0 saturated carbocycles. The molecule has 3 heterocycles. The summed E-state index contributed by atoms with van der Waals surface area (Å²) in [6, 6.07) is 43.9. The van der Waals surface area contributed by atoms with E-state index in [0.29, 0.717) is 21.6 Å². The molecule has 0 spiro atoms. The number of fused-ring (bicyclic) bond motifs is 2. The zero-order chi connectivity index (χ0) is 27.6. The van der Waals surface area contributed by atoms with Gasteiger partial charge in [0.2, 0.25) is 9.84 Å². The van der Waals surface area contributed by atoms with Crippen LogP contribution >= 0.6 is 11.3 Å². The minimum Gasteiger partial charge on any atom is -0.290 e. The lowest BCUT2D eigenvalue weighted by molar-refractivity contribution is 0.594. The third-order valence-corrected chi connectivity index (χ3v) is 10.6. The van der Waals surface area contributed by atoms with E-state index >= 15 is 0 Å². The Labute approximate surface area is 241 Å². The summed E-state index contributed by atoms with van der Waals surface area (Å²) in [5.41, 5.74) is 7.01. The van der Waals surface area contributed by atoms with Gasteiger partial charge < -0.3 is 0 Å². The van der Waals surface area contributed by atoms with Crippen LogP contribution in [-0.2, 0) is 9.84 Å². The van der Waals surface area contributed by atoms with Gasteiger partial charge in [-0.05, 0) is 58.7 Å². The number of para-hydroxylation sites is 1. The first kappa shape index (κ1) is 24.1. The van der Waals surface area contributed by atoms with E-state index in [4.69, 9.17) is 4.98 Å². The molecule has 0 saturated heterocycles. The van der Waals surface area contributed by atoms with Crippen molar-refractivity contribution in [2.24, 2.45) is 0 Å². The average Bonchev–Trinajstić information content (AvgIpc) is 3.67. The lowest BCUT2D eigenvalue weighted by Gasteiger charge is -2.21. The normalized spacial score (nSPS) is 13.3. The second-order valence-electron chi connectivity index (χ2n) is 10.1. The van der Waals surface area contributed by atoms with Gasteiger partial charge in [-0.3, -0.25) is 4.57 Å². The minimum atomic E-state index is -3.74. The van der Waals surface area contributed by atoms with Crippen molar-refractivity contribution in [3.63, 3.8) is 0 Å². The van der Waals surface area contributed by atoms with Gasteiger partial charge in [-0.15, -0.1) is 11.3 Å². The molecule has 0 unspecified atom stereocenters. The standard InChI is InChI=1S/C35H22N2O2S2/c38-41(39)32-13-7-12-28-34(32)37(35(36-28)26-10-5-2-6-11-26)29-19-18-27(22-33(29)41)23-14-16-25(17-15-23)31-21-20-30(40-31)24-8-3-1-4-9-24/h1-22H. The summed E-state index contributed by atoms with van der Waals surface area (Å²) in [7, 11) is -3.74. The summed E-state index contributed by atoms with van der Waals surface area (Å²) in [6.45, 7) is 0. The molecule has 0 fully saturated rings. The third-order valence-electron chi connectivity index (χ3n) is 7.62. The Bertz CT molecular complexity index is 2200. The molecule has 196 valence electrons. The molecule has 1 aliphatic rings. The quantitative estimate of drug-likeness (QED) is 0.214. The molecule has 2 aromatic heterocycles. The van der Waals surface area contributed by atoms with Gasteiger partial charge in [0.15, 0.2) is 0 Å². The van der Waals surface area contributed by atoms with Crippen LogP contribution < -0.4 is 0 Å². The molecular formula is C35H22N2O2S2. The second kappa shape index (κ2) is 9.13. The molecule has 0 amide bonds. The first-order valence-corrected chi connectivity index (χ1v) is 15.6. The number of hydrogen-bond acceptors (Lipinski definition) is 4. The predicted molar refractivity (Wildman–Crippen MR) is 166 cm³/mol. The molecule has 0 N–H and O–H groups in total. The molecule has 1 aliphatic heterocycles. The molecule has 6 heteroatoms. The van der Waals surface area contributed by atoms with E-state index < -0.39 is 9.84 Å². The number of sulfone groups is 1. The maximum atomic E-state index is 13.9. The fraction of sp³-hybridized carbons (Fsp3) is 0. The van der Waals surface area contributed by atoms with Gasteiger partial charge in [-0.1, -0.05) is 97.1 Å². The van der Waals surface area contributed by atoms with Crippen molar-refractivity contribution in [1.82, 2.24) is 9.55 Å². The van der Waals surface area contributed by atoms with Crippen LogP contribution in [0.15, 0.2) is 143 Å². The number of imidazole rings is 1. The summed E-state index contributed by atoms with van der Waals surface area (Å²) in [5, 5.41) is 0. The van der Waals surface area contributed by atoms with Gasteiger partial charge in [-0.25, -0.2) is 13.4 Å². The Morgan fingerprint density at radius 1 is 0.537 bits per heavy atom. The number of nitrogens with zero attached hydrogens (tertiary/aromatic N) is 2. The molecule has 0 bridgehead atoms. The van der Waals surface area contributed by atoms with Crippen molar-refractivity contribution in [3.05, 3.63) is 133 Å². The molecular weight excluding hydrogens is 545 g/mol. The molecule has 41 heavy (non-hydrogen) atoms. The summed E-state index contributed by atoms with van der Waals surface area (Å²) in [5.74, 6) is 0.729. The largest absolute Gasteiger partial charge is 0.290 e. The van der Waals surface area contributed by atoms with Gasteiger partial charge in [0.1, 0.15) is 5.82 Å². The summed E-state index contributed by atoms with van der Waals surface area (Å²) in [6.07, 6.45) is 0. The molecule has 0 aliphatic carbocycles. The van der Waals surface area contributed by atoms with Gasteiger partial charge >= 0.3 is 0 Å². The average molecular weight is 567 g/mol. The van der Waals surface area contributed by atoms with Crippen LogP contribution in [0.3, 0.4) is 0 Å². The molecule has 7 aromatic rings. The lowest BCUT2D eigenvalue weighted by Crippen LogP contribution is -2.15. The highest BCUT2D eigenvalue weighted by Crippen LogP contribution is 2.43. The number of aromatic nitrogens is 2. The maximum absolute atomic E-state index is 13.9. The van der Waals surface area contributed by atoms with E-state index in [-0.39, 0.29) is 4.90 Å². The Kier molecular flexibility index (Phi) is 5.35. The predicted octanol–water partition coefficient (Wildman–Crippen LogP) is 8.90. The molecule has 5 aromatic carbocycles. The van der Waals surface area contributed by atoms with Crippen molar-refractivity contribution in [2.45, 2.75) is 9.79 Å². The van der Waals surface area contributed by atoms with Crippen molar-refractivity contribution >= 4 is 32.2 Å². The number of benzene rings is 5. The van der Waals surface area contributed by atoms with Crippen LogP contribution in [0.4, 0.5) is 0 Å². The first-order valence-electron chi connectivity index (χ1n) is 13.3. The Morgan fingerprint density at radius 3 is 1.85 bits per heavy atom. The Balaban J connectivity index is 1.22. The summed E-state index contributed by atoms with van der Waals surface area (Å²) >= 11 is 1.76. The van der Waals surface area contributed by atoms with Gasteiger partial charge in [0, 0.05) is 15.3 Å². The van der Waals surface area contributed by atoms with Crippen LogP contribution in [0.25, 0.3) is 60.1 Å². The van der Waals surface area contributed by atoms with Crippen molar-refractivity contribution in [1.29, 1.82) is 0 Å². The monoisotopic (exact) mass is 566 g/mol. The van der Waals surface area contributed by atoms with Crippen LogP contribution in [0.5, 0.6) is 0 Å². The Morgan fingerprint density at radius 2 is 1.15 bits per heavy atom. The zero-order valence-electron chi connectivity index (χ0n) is 21.7. The zero-order valence-corrected chi connectivity index (χ0v) is 23.4. The van der Waals surface area contributed by atoms with Gasteiger partial charge in [0.25, 0.3) is 0 Å². The topological polar surface area (TPSA) is 52.0 Å². The van der Waals surface area contributed by atoms with E-state index in [1.54, 1.807) is 29.5 Å². The third kappa shape index (κ3) is 3.79. The van der Waals surface area contributed by atoms with Crippen LogP contribution in [-0.4, -0.2) is 18.0 Å². The van der Waals surface area contributed by atoms with E-state index in [1.165, 1.54) is 15.3 Å².